The Morgan fingerprint density at radius 2 is 1.37 bits per heavy atom. The van der Waals surface area contributed by atoms with Crippen molar-refractivity contribution in [2.45, 2.75) is 25.3 Å². The van der Waals surface area contributed by atoms with Crippen LogP contribution in [0.15, 0.2) is 48.7 Å². The van der Waals surface area contributed by atoms with Crippen molar-refractivity contribution in [1.82, 2.24) is 9.88 Å². The molecule has 35 heavy (non-hydrogen) atoms. The zero-order valence-electron chi connectivity index (χ0n) is 21.2. The average molecular weight is 479 g/mol. The fourth-order valence-electron chi connectivity index (χ4n) is 4.89. The second kappa shape index (κ2) is 11.3. The van der Waals surface area contributed by atoms with E-state index >= 15 is 0 Å². The Bertz CT molecular complexity index is 1120. The molecule has 1 aliphatic rings. The van der Waals surface area contributed by atoms with Crippen LogP contribution in [0.3, 0.4) is 0 Å². The summed E-state index contributed by atoms with van der Waals surface area (Å²) in [6, 6.07) is 14.2. The summed E-state index contributed by atoms with van der Waals surface area (Å²) in [5, 5.41) is 0. The third-order valence-corrected chi connectivity index (χ3v) is 6.54. The number of rotatable bonds is 9. The van der Waals surface area contributed by atoms with E-state index < -0.39 is 0 Å². The third kappa shape index (κ3) is 5.00. The average Bonchev–Trinajstić information content (AvgIpc) is 2.92. The number of piperidine rings is 1. The molecule has 186 valence electrons. The van der Waals surface area contributed by atoms with Gasteiger partial charge in [0.1, 0.15) is 0 Å². The maximum atomic E-state index is 5.85. The zero-order chi connectivity index (χ0) is 24.8. The number of benzene rings is 2. The van der Waals surface area contributed by atoms with Gasteiger partial charge >= 0.3 is 0 Å². The van der Waals surface area contributed by atoms with Gasteiger partial charge in [-0.15, -0.1) is 0 Å². The standard InChI is InChI=1S/C28H34N2O5/c1-31-23-11-9-10-21(27(23)34-4)26(30-14-7-6-8-15-30)19-12-13-29-22(16-19)20-17-24(32-2)28(35-5)25(18-20)33-3/h9-13,16-18,26H,6-8,14-15H2,1-5H3. The van der Waals surface area contributed by atoms with Gasteiger partial charge < -0.3 is 23.7 Å². The highest BCUT2D eigenvalue weighted by Gasteiger charge is 2.28. The Kier molecular flexibility index (Phi) is 7.98. The second-order valence-corrected chi connectivity index (χ2v) is 8.47. The number of methoxy groups -OCH3 is 5. The van der Waals surface area contributed by atoms with Crippen molar-refractivity contribution < 1.29 is 23.7 Å². The van der Waals surface area contributed by atoms with Crippen LogP contribution in [-0.4, -0.2) is 58.5 Å². The molecule has 1 aromatic heterocycles. The molecule has 1 aliphatic heterocycles. The summed E-state index contributed by atoms with van der Waals surface area (Å²) in [4.78, 5) is 7.21. The minimum Gasteiger partial charge on any atom is -0.493 e. The first-order chi connectivity index (χ1) is 17.1. The van der Waals surface area contributed by atoms with Crippen molar-refractivity contribution in [1.29, 1.82) is 0 Å². The van der Waals surface area contributed by atoms with E-state index in [1.807, 2.05) is 30.5 Å². The van der Waals surface area contributed by atoms with Crippen LogP contribution in [0.4, 0.5) is 0 Å². The van der Waals surface area contributed by atoms with Gasteiger partial charge in [0.25, 0.3) is 0 Å². The van der Waals surface area contributed by atoms with E-state index in [0.29, 0.717) is 17.2 Å². The first-order valence-electron chi connectivity index (χ1n) is 11.9. The summed E-state index contributed by atoms with van der Waals surface area (Å²) in [7, 11) is 8.21. The van der Waals surface area contributed by atoms with Crippen molar-refractivity contribution in [3.8, 4) is 40.0 Å². The summed E-state index contributed by atoms with van der Waals surface area (Å²) in [6.07, 6.45) is 5.46. The van der Waals surface area contributed by atoms with Gasteiger partial charge in [0, 0.05) is 17.3 Å². The van der Waals surface area contributed by atoms with Gasteiger partial charge in [-0.25, -0.2) is 0 Å². The van der Waals surface area contributed by atoms with Gasteiger partial charge in [-0.2, -0.15) is 0 Å². The molecule has 0 amide bonds. The molecular weight excluding hydrogens is 444 g/mol. The normalized spacial score (nSPS) is 14.8. The van der Waals surface area contributed by atoms with Gasteiger partial charge in [0.15, 0.2) is 23.0 Å². The van der Waals surface area contributed by atoms with Crippen molar-refractivity contribution in [2.24, 2.45) is 0 Å². The van der Waals surface area contributed by atoms with Crippen LogP contribution < -0.4 is 23.7 Å². The summed E-state index contributed by atoms with van der Waals surface area (Å²) in [5.74, 6) is 3.23. The molecule has 0 aliphatic carbocycles. The number of pyridine rings is 1. The number of nitrogens with zero attached hydrogens (tertiary/aromatic N) is 2. The predicted octanol–water partition coefficient (Wildman–Crippen LogP) is 5.37. The van der Waals surface area contributed by atoms with Crippen LogP contribution in [-0.2, 0) is 0 Å². The number of hydrogen-bond donors (Lipinski definition) is 0. The highest BCUT2D eigenvalue weighted by Crippen LogP contribution is 2.43. The van der Waals surface area contributed by atoms with Crippen LogP contribution in [0.2, 0.25) is 0 Å². The molecule has 1 saturated heterocycles. The first-order valence-corrected chi connectivity index (χ1v) is 11.9. The quantitative estimate of drug-likeness (QED) is 0.410. The molecule has 0 radical (unpaired) electrons. The maximum absolute atomic E-state index is 5.85. The number of likely N-dealkylation sites (tertiary alicyclic amines) is 1. The summed E-state index contributed by atoms with van der Waals surface area (Å²) in [6.45, 7) is 2.04. The van der Waals surface area contributed by atoms with Crippen LogP contribution in [0.25, 0.3) is 11.3 Å². The fraction of sp³-hybridized carbons (Fsp3) is 0.393. The summed E-state index contributed by atoms with van der Waals surface area (Å²) >= 11 is 0. The number of aromatic nitrogens is 1. The fourth-order valence-corrected chi connectivity index (χ4v) is 4.89. The Hall–Kier alpha value is -3.45. The monoisotopic (exact) mass is 478 g/mol. The molecule has 0 saturated carbocycles. The molecule has 1 fully saturated rings. The molecule has 4 rings (SSSR count). The van der Waals surface area contributed by atoms with Gasteiger partial charge in [0.2, 0.25) is 5.75 Å². The van der Waals surface area contributed by atoms with Crippen molar-refractivity contribution in [3.63, 3.8) is 0 Å². The first kappa shape index (κ1) is 24.7. The summed E-state index contributed by atoms with van der Waals surface area (Å²) < 4.78 is 28.1. The van der Waals surface area contributed by atoms with Crippen molar-refractivity contribution in [2.75, 3.05) is 48.6 Å². The minimum absolute atomic E-state index is 0.00383. The molecule has 7 heteroatoms. The molecule has 2 heterocycles. The van der Waals surface area contributed by atoms with Crippen LogP contribution in [0, 0.1) is 0 Å². The number of ether oxygens (including phenoxy) is 5. The molecule has 1 unspecified atom stereocenters. The highest BCUT2D eigenvalue weighted by molar-refractivity contribution is 5.69. The van der Waals surface area contributed by atoms with Gasteiger partial charge in [-0.05, 0) is 61.8 Å². The number of hydrogen-bond acceptors (Lipinski definition) is 7. The molecule has 1 atom stereocenters. The maximum Gasteiger partial charge on any atom is 0.203 e. The van der Waals surface area contributed by atoms with Crippen LogP contribution in [0.1, 0.15) is 36.4 Å². The number of para-hydroxylation sites is 1. The Morgan fingerprint density at radius 1 is 0.714 bits per heavy atom. The van der Waals surface area contributed by atoms with Crippen molar-refractivity contribution >= 4 is 0 Å². The predicted molar refractivity (Wildman–Crippen MR) is 136 cm³/mol. The van der Waals surface area contributed by atoms with E-state index in [1.54, 1.807) is 35.5 Å². The van der Waals surface area contributed by atoms with Gasteiger partial charge in [-0.1, -0.05) is 18.6 Å². The molecule has 0 spiro atoms. The van der Waals surface area contributed by atoms with E-state index in [-0.39, 0.29) is 6.04 Å². The Morgan fingerprint density at radius 3 is 1.97 bits per heavy atom. The molecule has 7 nitrogen and oxygen atoms in total. The zero-order valence-corrected chi connectivity index (χ0v) is 21.2. The SMILES string of the molecule is COc1cc(-c2cc(C(c3cccc(OC)c3OC)N3CCCCC3)ccn2)cc(OC)c1OC. The smallest absolute Gasteiger partial charge is 0.203 e. The van der Waals surface area contributed by atoms with E-state index in [2.05, 4.69) is 28.1 Å². The molecule has 2 aromatic carbocycles. The topological polar surface area (TPSA) is 62.3 Å². The van der Waals surface area contributed by atoms with E-state index in [9.17, 15) is 0 Å². The Balaban J connectivity index is 1.84. The van der Waals surface area contributed by atoms with E-state index in [0.717, 1.165) is 47.0 Å². The molecule has 0 bridgehead atoms. The lowest BCUT2D eigenvalue weighted by Gasteiger charge is -2.36. The third-order valence-electron chi connectivity index (χ3n) is 6.54. The highest BCUT2D eigenvalue weighted by atomic mass is 16.5. The van der Waals surface area contributed by atoms with Crippen LogP contribution >= 0.6 is 0 Å². The minimum atomic E-state index is 0.00383. The molecule has 0 N–H and O–H groups in total. The van der Waals surface area contributed by atoms with Crippen molar-refractivity contribution in [3.05, 3.63) is 59.8 Å². The molecule has 3 aromatic rings. The van der Waals surface area contributed by atoms with Gasteiger partial charge in [-0.3, -0.25) is 9.88 Å². The van der Waals surface area contributed by atoms with E-state index in [4.69, 9.17) is 23.7 Å². The Labute approximate surface area is 207 Å². The lowest BCUT2D eigenvalue weighted by Crippen LogP contribution is -2.34. The van der Waals surface area contributed by atoms with Crippen LogP contribution in [0.5, 0.6) is 28.7 Å². The summed E-state index contributed by atoms with van der Waals surface area (Å²) in [5.41, 5.74) is 3.93. The molecular formula is C28H34N2O5. The lowest BCUT2D eigenvalue weighted by molar-refractivity contribution is 0.184. The largest absolute Gasteiger partial charge is 0.493 e. The van der Waals surface area contributed by atoms with E-state index in [1.165, 1.54) is 19.3 Å². The lowest BCUT2D eigenvalue weighted by atomic mass is 9.93. The second-order valence-electron chi connectivity index (χ2n) is 8.47. The van der Waals surface area contributed by atoms with Gasteiger partial charge in [0.05, 0.1) is 47.3 Å².